The van der Waals surface area contributed by atoms with Crippen molar-refractivity contribution in [3.05, 3.63) is 30.1 Å². The highest BCUT2D eigenvalue weighted by molar-refractivity contribution is 6.16. The van der Waals surface area contributed by atoms with Crippen LogP contribution in [0.2, 0.25) is 0 Å². The minimum atomic E-state index is -0.545. The molecule has 0 saturated carbocycles. The van der Waals surface area contributed by atoms with Gasteiger partial charge in [0, 0.05) is 19.0 Å². The van der Waals surface area contributed by atoms with Gasteiger partial charge < -0.3 is 4.90 Å². The average molecular weight is 248 g/mol. The maximum Gasteiger partial charge on any atom is 0.331 e. The van der Waals surface area contributed by atoms with Gasteiger partial charge in [0.2, 0.25) is 5.91 Å². The first-order valence-electron chi connectivity index (χ1n) is 6.06. The van der Waals surface area contributed by atoms with E-state index in [1.807, 2.05) is 0 Å². The van der Waals surface area contributed by atoms with Gasteiger partial charge in [-0.3, -0.25) is 4.79 Å². The van der Waals surface area contributed by atoms with Crippen molar-refractivity contribution >= 4 is 17.6 Å². The lowest BCUT2D eigenvalue weighted by atomic mass is 10.1. The van der Waals surface area contributed by atoms with Crippen LogP contribution in [0.25, 0.3) is 0 Å². The lowest BCUT2D eigenvalue weighted by molar-refractivity contribution is -0.120. The zero-order chi connectivity index (χ0) is 12.7. The van der Waals surface area contributed by atoms with Crippen molar-refractivity contribution in [1.82, 2.24) is 4.90 Å². The number of para-hydroxylation sites is 1. The predicted molar refractivity (Wildman–Crippen MR) is 63.6 cm³/mol. The number of fused-ring (bicyclic) bond motifs is 1. The summed E-state index contributed by atoms with van der Waals surface area (Å²) >= 11 is 0. The molecule has 1 unspecified atom stereocenters. The number of amides is 3. The standard InChI is InChI=1S/C13H13FN2O2/c14-10-5-1-2-6-11(10)16-12(17)8-9-4-3-7-15(9)13(16)18/h1-2,5-6,9H,3-4,7-8H2. The van der Waals surface area contributed by atoms with Gasteiger partial charge >= 0.3 is 6.03 Å². The summed E-state index contributed by atoms with van der Waals surface area (Å²) in [6.45, 7) is 0.654. The minimum absolute atomic E-state index is 0.00743. The monoisotopic (exact) mass is 248 g/mol. The van der Waals surface area contributed by atoms with Crippen LogP contribution >= 0.6 is 0 Å². The summed E-state index contributed by atoms with van der Waals surface area (Å²) in [4.78, 5) is 26.9. The molecule has 2 saturated heterocycles. The number of urea groups is 1. The molecule has 0 N–H and O–H groups in total. The van der Waals surface area contributed by atoms with Crippen LogP contribution in [-0.2, 0) is 4.79 Å². The molecule has 5 heteroatoms. The van der Waals surface area contributed by atoms with E-state index in [4.69, 9.17) is 0 Å². The van der Waals surface area contributed by atoms with Gasteiger partial charge in [0.05, 0.1) is 5.69 Å². The highest BCUT2D eigenvalue weighted by atomic mass is 19.1. The van der Waals surface area contributed by atoms with Crippen molar-refractivity contribution in [2.24, 2.45) is 0 Å². The molecule has 0 aromatic heterocycles. The number of nitrogens with zero attached hydrogens (tertiary/aromatic N) is 2. The largest absolute Gasteiger partial charge is 0.331 e. The van der Waals surface area contributed by atoms with Crippen molar-refractivity contribution in [3.63, 3.8) is 0 Å². The van der Waals surface area contributed by atoms with Crippen LogP contribution in [0.4, 0.5) is 14.9 Å². The van der Waals surface area contributed by atoms with Crippen molar-refractivity contribution < 1.29 is 14.0 Å². The van der Waals surface area contributed by atoms with E-state index in [1.54, 1.807) is 11.0 Å². The molecule has 2 aliphatic rings. The maximum atomic E-state index is 13.7. The Hall–Kier alpha value is -1.91. The summed E-state index contributed by atoms with van der Waals surface area (Å²) in [5.41, 5.74) is 0.0536. The van der Waals surface area contributed by atoms with E-state index in [9.17, 15) is 14.0 Å². The number of imide groups is 1. The second kappa shape index (κ2) is 4.08. The third kappa shape index (κ3) is 1.58. The van der Waals surface area contributed by atoms with Crippen LogP contribution < -0.4 is 4.90 Å². The Kier molecular flexibility index (Phi) is 2.54. The van der Waals surface area contributed by atoms with Crippen molar-refractivity contribution in [2.45, 2.75) is 25.3 Å². The van der Waals surface area contributed by atoms with E-state index in [1.165, 1.54) is 18.2 Å². The summed E-state index contributed by atoms with van der Waals surface area (Å²) in [7, 11) is 0. The number of carbonyl (C=O) groups is 2. The molecule has 1 aromatic carbocycles. The van der Waals surface area contributed by atoms with Crippen LogP contribution in [0.5, 0.6) is 0 Å². The molecule has 0 bridgehead atoms. The van der Waals surface area contributed by atoms with Crippen molar-refractivity contribution in [2.75, 3.05) is 11.4 Å². The maximum absolute atomic E-state index is 13.7. The fraction of sp³-hybridized carbons (Fsp3) is 0.385. The highest BCUT2D eigenvalue weighted by Gasteiger charge is 2.42. The smallest absolute Gasteiger partial charge is 0.320 e. The first-order chi connectivity index (χ1) is 8.68. The first-order valence-corrected chi connectivity index (χ1v) is 6.06. The average Bonchev–Trinajstić information content (AvgIpc) is 2.79. The molecule has 1 atom stereocenters. The Morgan fingerprint density at radius 3 is 2.78 bits per heavy atom. The van der Waals surface area contributed by atoms with E-state index >= 15 is 0 Å². The van der Waals surface area contributed by atoms with E-state index in [2.05, 4.69) is 0 Å². The number of anilines is 1. The van der Waals surface area contributed by atoms with Gasteiger partial charge in [-0.25, -0.2) is 14.1 Å². The summed E-state index contributed by atoms with van der Waals surface area (Å²) in [5.74, 6) is -0.856. The van der Waals surface area contributed by atoms with E-state index in [-0.39, 0.29) is 23.7 Å². The normalized spacial score (nSPS) is 23.5. The topological polar surface area (TPSA) is 40.6 Å². The molecule has 0 radical (unpaired) electrons. The molecule has 1 aromatic rings. The molecule has 3 rings (SSSR count). The molecule has 18 heavy (non-hydrogen) atoms. The van der Waals surface area contributed by atoms with Crippen molar-refractivity contribution in [3.8, 4) is 0 Å². The van der Waals surface area contributed by atoms with E-state index in [0.717, 1.165) is 17.7 Å². The summed E-state index contributed by atoms with van der Waals surface area (Å²) in [6, 6.07) is 5.49. The molecule has 94 valence electrons. The fourth-order valence-corrected chi connectivity index (χ4v) is 2.70. The molecule has 0 aliphatic carbocycles. The number of halogens is 1. The Morgan fingerprint density at radius 2 is 2.00 bits per heavy atom. The van der Waals surface area contributed by atoms with Crippen LogP contribution in [0.15, 0.2) is 24.3 Å². The molecular weight excluding hydrogens is 235 g/mol. The van der Waals surface area contributed by atoms with Gasteiger partial charge in [0.1, 0.15) is 5.82 Å². The highest BCUT2D eigenvalue weighted by Crippen LogP contribution is 2.31. The predicted octanol–water partition coefficient (Wildman–Crippen LogP) is 2.15. The van der Waals surface area contributed by atoms with Crippen molar-refractivity contribution in [1.29, 1.82) is 0 Å². The number of benzene rings is 1. The number of rotatable bonds is 1. The SMILES string of the molecule is O=C1CC2CCCN2C(=O)N1c1ccccc1F. The number of carbonyl (C=O) groups excluding carboxylic acids is 2. The van der Waals surface area contributed by atoms with Gasteiger partial charge in [-0.1, -0.05) is 12.1 Å². The third-order valence-electron chi connectivity index (χ3n) is 3.57. The Labute approximate surface area is 104 Å². The van der Waals surface area contributed by atoms with Crippen LogP contribution in [0.1, 0.15) is 19.3 Å². The van der Waals surface area contributed by atoms with E-state index < -0.39 is 5.82 Å². The quantitative estimate of drug-likeness (QED) is 0.764. The number of hydrogen-bond donors (Lipinski definition) is 0. The second-order valence-corrected chi connectivity index (χ2v) is 4.66. The zero-order valence-electron chi connectivity index (χ0n) is 9.80. The Morgan fingerprint density at radius 1 is 1.22 bits per heavy atom. The van der Waals surface area contributed by atoms with Gasteiger partial charge in [-0.05, 0) is 25.0 Å². The Bertz CT molecular complexity index is 517. The van der Waals surface area contributed by atoms with Crippen LogP contribution in [0, 0.1) is 5.82 Å². The molecule has 2 heterocycles. The van der Waals surface area contributed by atoms with E-state index in [0.29, 0.717) is 13.0 Å². The first kappa shape index (κ1) is 11.2. The lowest BCUT2D eigenvalue weighted by Gasteiger charge is -2.36. The van der Waals surface area contributed by atoms with Crippen LogP contribution in [0.3, 0.4) is 0 Å². The van der Waals surface area contributed by atoms with Gasteiger partial charge in [-0.15, -0.1) is 0 Å². The third-order valence-corrected chi connectivity index (χ3v) is 3.57. The summed E-state index contributed by atoms with van der Waals surface area (Å²) in [6.07, 6.45) is 2.07. The molecular formula is C13H13FN2O2. The summed E-state index contributed by atoms with van der Waals surface area (Å²) < 4.78 is 13.7. The van der Waals surface area contributed by atoms with Gasteiger partial charge in [0.15, 0.2) is 0 Å². The Balaban J connectivity index is 1.99. The fourth-order valence-electron chi connectivity index (χ4n) is 2.70. The summed E-state index contributed by atoms with van der Waals surface area (Å²) in [5, 5.41) is 0. The minimum Gasteiger partial charge on any atom is -0.320 e. The van der Waals surface area contributed by atoms with Gasteiger partial charge in [0.25, 0.3) is 0 Å². The number of hydrogen-bond acceptors (Lipinski definition) is 2. The molecule has 2 fully saturated rings. The second-order valence-electron chi connectivity index (χ2n) is 4.66. The molecule has 4 nitrogen and oxygen atoms in total. The zero-order valence-corrected chi connectivity index (χ0v) is 9.80. The molecule has 0 spiro atoms. The lowest BCUT2D eigenvalue weighted by Crippen LogP contribution is -2.55. The van der Waals surface area contributed by atoms with Crippen LogP contribution in [-0.4, -0.2) is 29.4 Å². The molecule has 2 aliphatic heterocycles. The van der Waals surface area contributed by atoms with Gasteiger partial charge in [-0.2, -0.15) is 0 Å². The molecule has 3 amide bonds.